The maximum absolute atomic E-state index is 12.9. The highest BCUT2D eigenvalue weighted by atomic mass is 127. The van der Waals surface area contributed by atoms with Gasteiger partial charge >= 0.3 is 0 Å². The van der Waals surface area contributed by atoms with Gasteiger partial charge in [-0.1, -0.05) is 54.1 Å². The zero-order valence-electron chi connectivity index (χ0n) is 15.2. The van der Waals surface area contributed by atoms with Crippen molar-refractivity contribution in [2.24, 2.45) is 0 Å². The molecule has 0 aromatic heterocycles. The molecule has 2 N–H and O–H groups in total. The van der Waals surface area contributed by atoms with Crippen molar-refractivity contribution in [3.8, 4) is 0 Å². The van der Waals surface area contributed by atoms with E-state index >= 15 is 0 Å². The molecule has 0 fully saturated rings. The van der Waals surface area contributed by atoms with Crippen LogP contribution in [-0.4, -0.2) is 20.4 Å². The molecule has 0 saturated heterocycles. The minimum atomic E-state index is -3.89. The largest absolute Gasteiger partial charge is 0.323 e. The average Bonchev–Trinajstić information content (AvgIpc) is 2.70. The number of carbonyl (C=O) groups is 1. The Bertz CT molecular complexity index is 1090. The average molecular weight is 541 g/mol. The molecule has 1 atom stereocenters. The van der Waals surface area contributed by atoms with Crippen LogP contribution < -0.4 is 10.0 Å². The fourth-order valence-electron chi connectivity index (χ4n) is 2.69. The number of sulfonamides is 1. The molecule has 0 spiro atoms. The van der Waals surface area contributed by atoms with Crippen molar-refractivity contribution < 1.29 is 13.2 Å². The Balaban J connectivity index is 1.87. The van der Waals surface area contributed by atoms with Crippen molar-refractivity contribution in [1.29, 1.82) is 0 Å². The van der Waals surface area contributed by atoms with Gasteiger partial charge < -0.3 is 5.32 Å². The highest BCUT2D eigenvalue weighted by molar-refractivity contribution is 14.1. The lowest BCUT2D eigenvalue weighted by Crippen LogP contribution is -2.45. The highest BCUT2D eigenvalue weighted by Gasteiger charge is 2.26. The second-order valence-electron chi connectivity index (χ2n) is 6.29. The molecule has 0 aliphatic heterocycles. The predicted octanol–water partition coefficient (Wildman–Crippen LogP) is 4.47. The van der Waals surface area contributed by atoms with E-state index in [1.807, 2.05) is 30.3 Å². The molecular formula is C21H18ClIN2O3S. The Morgan fingerprint density at radius 2 is 1.55 bits per heavy atom. The first-order valence-electron chi connectivity index (χ1n) is 8.72. The van der Waals surface area contributed by atoms with Crippen molar-refractivity contribution in [3.63, 3.8) is 0 Å². The zero-order valence-corrected chi connectivity index (χ0v) is 18.9. The molecule has 0 aliphatic rings. The van der Waals surface area contributed by atoms with Crippen LogP contribution in [0.3, 0.4) is 0 Å². The summed E-state index contributed by atoms with van der Waals surface area (Å²) in [5.74, 6) is -0.490. The van der Waals surface area contributed by atoms with E-state index < -0.39 is 22.0 Å². The zero-order chi connectivity index (χ0) is 20.9. The molecule has 0 saturated carbocycles. The molecule has 3 aromatic carbocycles. The monoisotopic (exact) mass is 540 g/mol. The Labute approximate surface area is 188 Å². The number of anilines is 1. The lowest BCUT2D eigenvalue weighted by molar-refractivity contribution is -0.117. The molecule has 0 radical (unpaired) electrons. The summed E-state index contributed by atoms with van der Waals surface area (Å²) >= 11 is 8.22. The van der Waals surface area contributed by atoms with Gasteiger partial charge in [0.25, 0.3) is 0 Å². The summed E-state index contributed by atoms with van der Waals surface area (Å²) in [7, 11) is -3.89. The molecule has 0 heterocycles. The normalized spacial score (nSPS) is 12.3. The number of rotatable bonds is 7. The number of amides is 1. The van der Waals surface area contributed by atoms with Crippen LogP contribution in [0.2, 0.25) is 5.02 Å². The molecule has 29 heavy (non-hydrogen) atoms. The Morgan fingerprint density at radius 3 is 2.21 bits per heavy atom. The fourth-order valence-corrected chi connectivity index (χ4v) is 4.43. The molecule has 5 nitrogen and oxygen atoms in total. The lowest BCUT2D eigenvalue weighted by Gasteiger charge is -2.19. The summed E-state index contributed by atoms with van der Waals surface area (Å²) < 4.78 is 29.1. The third-order valence-electron chi connectivity index (χ3n) is 4.15. The van der Waals surface area contributed by atoms with Gasteiger partial charge in [-0.05, 0) is 71.0 Å². The molecule has 3 rings (SSSR count). The molecule has 1 amide bonds. The number of carbonyl (C=O) groups excluding carboxylic acids is 1. The van der Waals surface area contributed by atoms with E-state index in [0.717, 1.165) is 9.13 Å². The number of benzene rings is 3. The van der Waals surface area contributed by atoms with Crippen LogP contribution in [0.4, 0.5) is 5.69 Å². The van der Waals surface area contributed by atoms with Gasteiger partial charge in [0.05, 0.1) is 15.6 Å². The summed E-state index contributed by atoms with van der Waals surface area (Å²) in [5, 5.41) is 3.09. The quantitative estimate of drug-likeness (QED) is 0.434. The van der Waals surface area contributed by atoms with Crippen molar-refractivity contribution >= 4 is 55.8 Å². The summed E-state index contributed by atoms with van der Waals surface area (Å²) in [6.07, 6.45) is 0.195. The molecule has 150 valence electrons. The van der Waals surface area contributed by atoms with E-state index in [1.54, 1.807) is 36.4 Å². The van der Waals surface area contributed by atoms with Crippen LogP contribution in [0.25, 0.3) is 0 Å². The fraction of sp³-hybridized carbons (Fsp3) is 0.0952. The SMILES string of the molecule is O=C(Nc1ccccc1Cl)[C@@H](Cc1ccccc1)NS(=O)(=O)c1ccc(I)cc1. The van der Waals surface area contributed by atoms with Crippen LogP contribution >= 0.6 is 34.2 Å². The molecule has 0 unspecified atom stereocenters. The van der Waals surface area contributed by atoms with E-state index in [-0.39, 0.29) is 11.3 Å². The summed E-state index contributed by atoms with van der Waals surface area (Å²) in [6.45, 7) is 0. The van der Waals surface area contributed by atoms with Crippen LogP contribution in [0.5, 0.6) is 0 Å². The molecule has 8 heteroatoms. The Morgan fingerprint density at radius 1 is 0.931 bits per heavy atom. The summed E-state index contributed by atoms with van der Waals surface area (Å²) in [4.78, 5) is 13.0. The van der Waals surface area contributed by atoms with Crippen molar-refractivity contribution in [1.82, 2.24) is 4.72 Å². The molecule has 0 bridgehead atoms. The first-order chi connectivity index (χ1) is 13.8. The molecule has 3 aromatic rings. The van der Waals surface area contributed by atoms with Gasteiger partial charge in [-0.25, -0.2) is 8.42 Å². The maximum Gasteiger partial charge on any atom is 0.242 e. The lowest BCUT2D eigenvalue weighted by atomic mass is 10.1. The third kappa shape index (κ3) is 6.02. The van der Waals surface area contributed by atoms with Gasteiger partial charge in [0, 0.05) is 3.57 Å². The molecular weight excluding hydrogens is 523 g/mol. The number of halogens is 2. The van der Waals surface area contributed by atoms with Crippen LogP contribution in [0.1, 0.15) is 5.56 Å². The van der Waals surface area contributed by atoms with Crippen LogP contribution in [0.15, 0.2) is 83.8 Å². The van der Waals surface area contributed by atoms with Gasteiger partial charge in [0.15, 0.2) is 0 Å². The summed E-state index contributed by atoms with van der Waals surface area (Å²) in [5.41, 5.74) is 1.25. The van der Waals surface area contributed by atoms with Gasteiger partial charge in [-0.3, -0.25) is 4.79 Å². The Kier molecular flexibility index (Phi) is 7.28. The number of hydrogen-bond acceptors (Lipinski definition) is 3. The second kappa shape index (κ2) is 9.71. The first kappa shape index (κ1) is 21.8. The van der Waals surface area contributed by atoms with E-state index in [0.29, 0.717) is 10.7 Å². The number of para-hydroxylation sites is 1. The topological polar surface area (TPSA) is 75.3 Å². The van der Waals surface area contributed by atoms with Gasteiger partial charge in [0.2, 0.25) is 15.9 Å². The number of hydrogen-bond donors (Lipinski definition) is 2. The van der Waals surface area contributed by atoms with Crippen molar-refractivity contribution in [2.75, 3.05) is 5.32 Å². The minimum Gasteiger partial charge on any atom is -0.323 e. The minimum absolute atomic E-state index is 0.0986. The maximum atomic E-state index is 12.9. The van der Waals surface area contributed by atoms with Crippen molar-refractivity contribution in [3.05, 3.63) is 93.0 Å². The third-order valence-corrected chi connectivity index (χ3v) is 6.69. The second-order valence-corrected chi connectivity index (χ2v) is 9.65. The Hall–Kier alpha value is -1.94. The van der Waals surface area contributed by atoms with Gasteiger partial charge in [-0.15, -0.1) is 0 Å². The van der Waals surface area contributed by atoms with Crippen LogP contribution in [-0.2, 0) is 21.2 Å². The highest BCUT2D eigenvalue weighted by Crippen LogP contribution is 2.21. The van der Waals surface area contributed by atoms with E-state index in [9.17, 15) is 13.2 Å². The molecule has 0 aliphatic carbocycles. The predicted molar refractivity (Wildman–Crippen MR) is 123 cm³/mol. The van der Waals surface area contributed by atoms with Crippen molar-refractivity contribution in [2.45, 2.75) is 17.4 Å². The smallest absolute Gasteiger partial charge is 0.242 e. The number of nitrogens with one attached hydrogen (secondary N) is 2. The standard InChI is InChI=1S/C21H18ClIN2O3S/c22-18-8-4-5-9-19(18)24-21(26)20(14-15-6-2-1-3-7-15)25-29(27,28)17-12-10-16(23)11-13-17/h1-13,20,25H,14H2,(H,24,26)/t20-/m1/s1. The van der Waals surface area contributed by atoms with Gasteiger partial charge in [0.1, 0.15) is 6.04 Å². The first-order valence-corrected chi connectivity index (χ1v) is 11.7. The summed E-state index contributed by atoms with van der Waals surface area (Å²) in [6, 6.07) is 21.4. The van der Waals surface area contributed by atoms with E-state index in [2.05, 4.69) is 32.6 Å². The van der Waals surface area contributed by atoms with Crippen LogP contribution in [0, 0.1) is 3.57 Å². The van der Waals surface area contributed by atoms with Gasteiger partial charge in [-0.2, -0.15) is 4.72 Å². The van der Waals surface area contributed by atoms with E-state index in [4.69, 9.17) is 11.6 Å². The van der Waals surface area contributed by atoms with E-state index in [1.165, 1.54) is 12.1 Å².